The Hall–Kier alpha value is -3.67. The molecule has 0 bridgehead atoms. The maximum absolute atomic E-state index is 12.7. The molecule has 1 aromatic heterocycles. The summed E-state index contributed by atoms with van der Waals surface area (Å²) >= 11 is 2.92. The van der Waals surface area contributed by atoms with E-state index in [0.717, 1.165) is 15.7 Å². The fourth-order valence-electron chi connectivity index (χ4n) is 2.85. The lowest BCUT2D eigenvalue weighted by atomic mass is 10.1. The number of aromatic nitrogens is 2. The molecule has 158 valence electrons. The number of carbonyl (C=O) groups excluding carboxylic acids is 1. The third-order valence-electron chi connectivity index (χ3n) is 4.46. The van der Waals surface area contributed by atoms with Gasteiger partial charge in [-0.15, -0.1) is 10.2 Å². The molecule has 3 aromatic carbocycles. The average Bonchev–Trinajstić information content (AvgIpc) is 3.29. The van der Waals surface area contributed by atoms with Gasteiger partial charge in [0.05, 0.1) is 11.6 Å². The summed E-state index contributed by atoms with van der Waals surface area (Å²) in [5.41, 5.74) is 3.01. The standard InChI is InChI=1S/C24H18N4O2S2/c25-14-19-9-4-5-10-20(19)15-30-21-12-6-11-18(13-21)22(29)26-23-27-28-24(32-23)31-16-17-7-2-1-3-8-17/h1-13H,15-16H2,(H,26,27,29). The van der Waals surface area contributed by atoms with Gasteiger partial charge in [0.1, 0.15) is 12.4 Å². The molecule has 6 nitrogen and oxygen atoms in total. The van der Waals surface area contributed by atoms with Gasteiger partial charge in [0, 0.05) is 16.9 Å². The van der Waals surface area contributed by atoms with Gasteiger partial charge in [0.25, 0.3) is 5.91 Å². The average molecular weight is 459 g/mol. The number of nitrogens with one attached hydrogen (secondary N) is 1. The zero-order valence-corrected chi connectivity index (χ0v) is 18.5. The first kappa shape index (κ1) is 21.6. The van der Waals surface area contributed by atoms with Crippen LogP contribution in [-0.2, 0) is 12.4 Å². The second-order valence-corrected chi connectivity index (χ2v) is 8.89. The zero-order valence-electron chi connectivity index (χ0n) is 16.9. The monoisotopic (exact) mass is 458 g/mol. The van der Waals surface area contributed by atoms with Crippen molar-refractivity contribution in [3.63, 3.8) is 0 Å². The number of carbonyl (C=O) groups is 1. The van der Waals surface area contributed by atoms with Gasteiger partial charge >= 0.3 is 0 Å². The van der Waals surface area contributed by atoms with Crippen molar-refractivity contribution >= 4 is 34.1 Å². The highest BCUT2D eigenvalue weighted by Crippen LogP contribution is 2.28. The number of hydrogen-bond donors (Lipinski definition) is 1. The molecule has 0 unspecified atom stereocenters. The van der Waals surface area contributed by atoms with E-state index < -0.39 is 0 Å². The summed E-state index contributed by atoms with van der Waals surface area (Å²) in [4.78, 5) is 12.7. The Morgan fingerprint density at radius 1 is 1.03 bits per heavy atom. The van der Waals surface area contributed by atoms with Crippen molar-refractivity contribution < 1.29 is 9.53 Å². The topological polar surface area (TPSA) is 87.9 Å². The Balaban J connectivity index is 1.35. The molecule has 0 saturated heterocycles. The number of benzene rings is 3. The molecule has 1 amide bonds. The van der Waals surface area contributed by atoms with Crippen molar-refractivity contribution in [3.05, 3.63) is 101 Å². The third-order valence-corrected chi connectivity index (χ3v) is 6.50. The van der Waals surface area contributed by atoms with Crippen molar-refractivity contribution in [2.75, 3.05) is 5.32 Å². The number of thioether (sulfide) groups is 1. The van der Waals surface area contributed by atoms with Gasteiger partial charge in [-0.05, 0) is 29.8 Å². The molecule has 8 heteroatoms. The smallest absolute Gasteiger partial charge is 0.257 e. The predicted octanol–water partition coefficient (Wildman–Crippen LogP) is 5.53. The van der Waals surface area contributed by atoms with Crippen LogP contribution in [0, 0.1) is 11.3 Å². The molecule has 0 aliphatic carbocycles. The van der Waals surface area contributed by atoms with Gasteiger partial charge in [0.15, 0.2) is 4.34 Å². The van der Waals surface area contributed by atoms with Crippen LogP contribution in [0.5, 0.6) is 5.75 Å². The van der Waals surface area contributed by atoms with E-state index >= 15 is 0 Å². The summed E-state index contributed by atoms with van der Waals surface area (Å²) in [6.45, 7) is 0.243. The molecule has 1 heterocycles. The van der Waals surface area contributed by atoms with Gasteiger partial charge in [-0.2, -0.15) is 5.26 Å². The van der Waals surface area contributed by atoms with E-state index in [1.165, 1.54) is 16.9 Å². The number of ether oxygens (including phenoxy) is 1. The summed E-state index contributed by atoms with van der Waals surface area (Å²) in [6.07, 6.45) is 0. The molecule has 0 aliphatic rings. The Labute approximate surface area is 193 Å². The van der Waals surface area contributed by atoms with Crippen LogP contribution in [-0.4, -0.2) is 16.1 Å². The van der Waals surface area contributed by atoms with Crippen molar-refractivity contribution in [2.45, 2.75) is 16.7 Å². The normalized spacial score (nSPS) is 10.3. The maximum Gasteiger partial charge on any atom is 0.257 e. The number of nitriles is 1. The second-order valence-electron chi connectivity index (χ2n) is 6.69. The Morgan fingerprint density at radius 2 is 1.84 bits per heavy atom. The molecular weight excluding hydrogens is 440 g/mol. The third kappa shape index (κ3) is 5.72. The minimum absolute atomic E-state index is 0.243. The van der Waals surface area contributed by atoms with E-state index in [1.54, 1.807) is 42.1 Å². The molecule has 4 aromatic rings. The van der Waals surface area contributed by atoms with Crippen LogP contribution in [0.2, 0.25) is 0 Å². The van der Waals surface area contributed by atoms with E-state index in [2.05, 4.69) is 33.7 Å². The van der Waals surface area contributed by atoms with Gasteiger partial charge in [-0.1, -0.05) is 77.7 Å². The van der Waals surface area contributed by atoms with Crippen LogP contribution in [0.25, 0.3) is 0 Å². The van der Waals surface area contributed by atoms with E-state index in [-0.39, 0.29) is 12.5 Å². The van der Waals surface area contributed by atoms with Gasteiger partial charge in [-0.3, -0.25) is 10.1 Å². The van der Waals surface area contributed by atoms with E-state index in [9.17, 15) is 10.1 Å². The maximum atomic E-state index is 12.7. The van der Waals surface area contributed by atoms with Gasteiger partial charge < -0.3 is 4.74 Å². The van der Waals surface area contributed by atoms with Crippen LogP contribution in [0.3, 0.4) is 0 Å². The van der Waals surface area contributed by atoms with Crippen LogP contribution in [0.4, 0.5) is 5.13 Å². The lowest BCUT2D eigenvalue weighted by molar-refractivity contribution is 0.102. The Kier molecular flexibility index (Phi) is 7.12. The largest absolute Gasteiger partial charge is 0.489 e. The first-order valence-corrected chi connectivity index (χ1v) is 11.5. The van der Waals surface area contributed by atoms with Crippen LogP contribution in [0.15, 0.2) is 83.2 Å². The molecule has 0 fully saturated rings. The fraction of sp³-hybridized carbons (Fsp3) is 0.0833. The fourth-order valence-corrected chi connectivity index (χ4v) is 4.55. The van der Waals surface area contributed by atoms with Gasteiger partial charge in [-0.25, -0.2) is 0 Å². The number of hydrogen-bond acceptors (Lipinski definition) is 7. The summed E-state index contributed by atoms with van der Waals surface area (Å²) in [6, 6.07) is 26.4. The molecular formula is C24H18N4O2S2. The SMILES string of the molecule is N#Cc1ccccc1COc1cccc(C(=O)Nc2nnc(SCc3ccccc3)s2)c1. The van der Waals surface area contributed by atoms with Gasteiger partial charge in [0.2, 0.25) is 5.13 Å². The second kappa shape index (κ2) is 10.6. The highest BCUT2D eigenvalue weighted by molar-refractivity contribution is 8.00. The highest BCUT2D eigenvalue weighted by Gasteiger charge is 2.12. The van der Waals surface area contributed by atoms with E-state index in [4.69, 9.17) is 4.74 Å². The quantitative estimate of drug-likeness (QED) is 0.276. The lowest BCUT2D eigenvalue weighted by Gasteiger charge is -2.09. The zero-order chi connectivity index (χ0) is 22.2. The Bertz CT molecular complexity index is 1250. The molecule has 0 spiro atoms. The lowest BCUT2D eigenvalue weighted by Crippen LogP contribution is -2.11. The summed E-state index contributed by atoms with van der Waals surface area (Å²) in [5.74, 6) is 1.04. The number of anilines is 1. The number of rotatable bonds is 8. The van der Waals surface area contributed by atoms with Crippen molar-refractivity contribution in [2.24, 2.45) is 0 Å². The molecule has 0 aliphatic heterocycles. The molecule has 4 rings (SSSR count). The molecule has 32 heavy (non-hydrogen) atoms. The van der Waals surface area contributed by atoms with Crippen LogP contribution in [0.1, 0.15) is 27.0 Å². The first-order valence-electron chi connectivity index (χ1n) is 9.74. The summed E-state index contributed by atoms with van der Waals surface area (Å²) in [7, 11) is 0. The Morgan fingerprint density at radius 3 is 2.69 bits per heavy atom. The predicted molar refractivity (Wildman–Crippen MR) is 126 cm³/mol. The molecule has 0 radical (unpaired) electrons. The van der Waals surface area contributed by atoms with Crippen LogP contribution < -0.4 is 10.1 Å². The molecule has 0 saturated carbocycles. The van der Waals surface area contributed by atoms with E-state index in [0.29, 0.717) is 22.0 Å². The minimum Gasteiger partial charge on any atom is -0.489 e. The summed E-state index contributed by atoms with van der Waals surface area (Å²) in [5, 5.41) is 20.6. The van der Waals surface area contributed by atoms with Crippen LogP contribution >= 0.6 is 23.1 Å². The highest BCUT2D eigenvalue weighted by atomic mass is 32.2. The summed E-state index contributed by atoms with van der Waals surface area (Å²) < 4.78 is 6.58. The number of nitrogens with zero attached hydrogens (tertiary/aromatic N) is 3. The van der Waals surface area contributed by atoms with Crippen molar-refractivity contribution in [3.8, 4) is 11.8 Å². The van der Waals surface area contributed by atoms with E-state index in [1.807, 2.05) is 36.4 Å². The van der Waals surface area contributed by atoms with Crippen molar-refractivity contribution in [1.29, 1.82) is 5.26 Å². The van der Waals surface area contributed by atoms with Crippen molar-refractivity contribution in [1.82, 2.24) is 10.2 Å². The molecule has 0 atom stereocenters. The number of amides is 1. The minimum atomic E-state index is -0.288. The first-order chi connectivity index (χ1) is 15.7. The molecule has 1 N–H and O–H groups in total.